The zero-order valence-corrected chi connectivity index (χ0v) is 12.3. The number of carbonyl (C=O) groups is 1. The molecule has 100 valence electrons. The van der Waals surface area contributed by atoms with E-state index in [1.54, 1.807) is 30.4 Å². The van der Waals surface area contributed by atoms with Crippen molar-refractivity contribution in [2.24, 2.45) is 0 Å². The van der Waals surface area contributed by atoms with Gasteiger partial charge in [0.1, 0.15) is 5.01 Å². The molecule has 1 unspecified atom stereocenters. The second-order valence-electron chi connectivity index (χ2n) is 4.28. The van der Waals surface area contributed by atoms with Crippen LogP contribution in [-0.4, -0.2) is 16.1 Å². The van der Waals surface area contributed by atoms with E-state index >= 15 is 0 Å². The molecule has 2 rings (SSSR count). The summed E-state index contributed by atoms with van der Waals surface area (Å²) < 4.78 is 0. The van der Waals surface area contributed by atoms with Crippen LogP contribution in [0, 0.1) is 0 Å². The summed E-state index contributed by atoms with van der Waals surface area (Å²) in [6.45, 7) is 3.72. The normalized spacial score (nSPS) is 12.4. The molecule has 0 radical (unpaired) electrons. The summed E-state index contributed by atoms with van der Waals surface area (Å²) in [6.07, 6.45) is 2.80. The number of thiazole rings is 1. The Kier molecular flexibility index (Phi) is 4.22. The molecule has 1 heterocycles. The number of hydrogen-bond donors (Lipinski definition) is 1. The highest BCUT2D eigenvalue weighted by atomic mass is 35.5. The molecule has 1 N–H and O–H groups in total. The van der Waals surface area contributed by atoms with Crippen molar-refractivity contribution >= 4 is 28.9 Å². The molecule has 0 spiro atoms. The van der Waals surface area contributed by atoms with Crippen molar-refractivity contribution in [3.8, 4) is 10.6 Å². The van der Waals surface area contributed by atoms with Gasteiger partial charge < -0.3 is 5.11 Å². The molecule has 0 fully saturated rings. The second-order valence-corrected chi connectivity index (χ2v) is 5.81. The Morgan fingerprint density at radius 1 is 1.53 bits per heavy atom. The quantitative estimate of drug-likeness (QED) is 0.919. The van der Waals surface area contributed by atoms with Gasteiger partial charge in [0.25, 0.3) is 0 Å². The van der Waals surface area contributed by atoms with Crippen LogP contribution >= 0.6 is 22.9 Å². The fourth-order valence-electron chi connectivity index (χ4n) is 1.71. The third-order valence-corrected chi connectivity index (χ3v) is 4.48. The Balaban J connectivity index is 2.36. The van der Waals surface area contributed by atoms with E-state index < -0.39 is 11.9 Å². The van der Waals surface area contributed by atoms with Crippen molar-refractivity contribution in [3.63, 3.8) is 0 Å². The summed E-state index contributed by atoms with van der Waals surface area (Å²) in [6, 6.07) is 5.35. The van der Waals surface area contributed by atoms with Crippen LogP contribution in [-0.2, 0) is 11.2 Å². The van der Waals surface area contributed by atoms with E-state index in [-0.39, 0.29) is 0 Å². The molecule has 1 aromatic heterocycles. The van der Waals surface area contributed by atoms with Crippen LogP contribution in [0.2, 0.25) is 5.02 Å². The Morgan fingerprint density at radius 2 is 2.26 bits per heavy atom. The van der Waals surface area contributed by atoms with E-state index in [1.165, 1.54) is 4.88 Å². The summed E-state index contributed by atoms with van der Waals surface area (Å²) in [5.41, 5.74) is 1.56. The molecule has 0 aliphatic carbocycles. The maximum absolute atomic E-state index is 11.0. The number of aliphatic carboxylic acids is 1. The average molecular weight is 296 g/mol. The van der Waals surface area contributed by atoms with Gasteiger partial charge >= 0.3 is 5.97 Å². The Morgan fingerprint density at radius 3 is 2.79 bits per heavy atom. The van der Waals surface area contributed by atoms with Gasteiger partial charge in [0.15, 0.2) is 0 Å². The van der Waals surface area contributed by atoms with E-state index in [2.05, 4.69) is 11.9 Å². The fourth-order valence-corrected chi connectivity index (χ4v) is 2.94. The molecule has 0 saturated carbocycles. The number of carboxylic acid groups (broad SMARTS) is 1. The van der Waals surface area contributed by atoms with E-state index in [0.717, 1.165) is 17.0 Å². The number of rotatable bonds is 4. The highest BCUT2D eigenvalue weighted by Gasteiger charge is 2.16. The van der Waals surface area contributed by atoms with Crippen LogP contribution in [0.25, 0.3) is 10.6 Å². The fraction of sp³-hybridized carbons (Fsp3) is 0.286. The first-order valence-electron chi connectivity index (χ1n) is 6.00. The number of aryl methyl sites for hydroxylation is 1. The van der Waals surface area contributed by atoms with E-state index in [4.69, 9.17) is 16.7 Å². The summed E-state index contributed by atoms with van der Waals surface area (Å²) in [5.74, 6) is -1.42. The third-order valence-electron chi connectivity index (χ3n) is 3.00. The summed E-state index contributed by atoms with van der Waals surface area (Å²) in [4.78, 5) is 16.5. The highest BCUT2D eigenvalue weighted by molar-refractivity contribution is 7.15. The van der Waals surface area contributed by atoms with Crippen molar-refractivity contribution in [1.82, 2.24) is 4.98 Å². The molecule has 1 aromatic carbocycles. The van der Waals surface area contributed by atoms with Crippen molar-refractivity contribution in [2.45, 2.75) is 26.2 Å². The predicted octanol–water partition coefficient (Wildman–Crippen LogP) is 4.21. The lowest BCUT2D eigenvalue weighted by Crippen LogP contribution is -2.07. The Bertz CT molecular complexity index is 609. The van der Waals surface area contributed by atoms with Gasteiger partial charge in [-0.15, -0.1) is 11.3 Å². The Hall–Kier alpha value is -1.39. The number of halogens is 1. The van der Waals surface area contributed by atoms with Crippen molar-refractivity contribution < 1.29 is 9.90 Å². The molecule has 0 amide bonds. The van der Waals surface area contributed by atoms with Gasteiger partial charge in [-0.3, -0.25) is 4.79 Å². The highest BCUT2D eigenvalue weighted by Crippen LogP contribution is 2.33. The molecule has 5 heteroatoms. The number of carboxylic acids is 1. The smallest absolute Gasteiger partial charge is 0.310 e. The van der Waals surface area contributed by atoms with E-state index in [1.807, 2.05) is 12.3 Å². The van der Waals surface area contributed by atoms with Crippen molar-refractivity contribution in [3.05, 3.63) is 39.9 Å². The van der Waals surface area contributed by atoms with Crippen LogP contribution in [0.1, 0.15) is 30.2 Å². The molecular weight excluding hydrogens is 282 g/mol. The molecule has 0 aliphatic heterocycles. The van der Waals surface area contributed by atoms with Gasteiger partial charge in [-0.25, -0.2) is 4.98 Å². The van der Waals surface area contributed by atoms with Gasteiger partial charge in [0.2, 0.25) is 0 Å². The lowest BCUT2D eigenvalue weighted by molar-refractivity contribution is -0.138. The number of benzene rings is 1. The first-order chi connectivity index (χ1) is 9.02. The summed E-state index contributed by atoms with van der Waals surface area (Å²) in [5, 5.41) is 10.4. The first-order valence-corrected chi connectivity index (χ1v) is 7.19. The van der Waals surface area contributed by atoms with E-state index in [0.29, 0.717) is 10.6 Å². The SMILES string of the molecule is CCc1cnc(-c2ccc(C(C)C(=O)O)cc2Cl)s1. The number of aromatic nitrogens is 1. The van der Waals surface area contributed by atoms with Crippen LogP contribution < -0.4 is 0 Å². The minimum absolute atomic E-state index is 0.544. The van der Waals surface area contributed by atoms with Crippen molar-refractivity contribution in [1.29, 1.82) is 0 Å². The maximum atomic E-state index is 11.0. The molecular formula is C14H14ClNO2S. The second kappa shape index (κ2) is 5.72. The molecule has 3 nitrogen and oxygen atoms in total. The average Bonchev–Trinajstić information content (AvgIpc) is 2.86. The Labute approximate surface area is 120 Å². The topological polar surface area (TPSA) is 50.2 Å². The molecule has 19 heavy (non-hydrogen) atoms. The van der Waals surface area contributed by atoms with Gasteiger partial charge in [0.05, 0.1) is 10.9 Å². The minimum Gasteiger partial charge on any atom is -0.481 e. The first kappa shape index (κ1) is 14.0. The van der Waals surface area contributed by atoms with Crippen LogP contribution in [0.5, 0.6) is 0 Å². The van der Waals surface area contributed by atoms with Gasteiger partial charge in [-0.2, -0.15) is 0 Å². The standard InChI is InChI=1S/C14H14ClNO2S/c1-3-10-7-16-13(19-10)11-5-4-9(6-12(11)15)8(2)14(17)18/h4-8H,3H2,1-2H3,(H,17,18). The monoisotopic (exact) mass is 295 g/mol. The number of hydrogen-bond acceptors (Lipinski definition) is 3. The van der Waals surface area contributed by atoms with Crippen LogP contribution in [0.15, 0.2) is 24.4 Å². The molecule has 0 aliphatic rings. The number of nitrogens with zero attached hydrogens (tertiary/aromatic N) is 1. The van der Waals surface area contributed by atoms with Crippen LogP contribution in [0.4, 0.5) is 0 Å². The lowest BCUT2D eigenvalue weighted by atomic mass is 10.0. The van der Waals surface area contributed by atoms with Gasteiger partial charge in [0, 0.05) is 16.6 Å². The summed E-state index contributed by atoms with van der Waals surface area (Å²) >= 11 is 7.85. The third kappa shape index (κ3) is 2.96. The van der Waals surface area contributed by atoms with Crippen molar-refractivity contribution in [2.75, 3.05) is 0 Å². The van der Waals surface area contributed by atoms with Gasteiger partial charge in [-0.05, 0) is 25.0 Å². The minimum atomic E-state index is -0.855. The molecule has 0 bridgehead atoms. The van der Waals surface area contributed by atoms with Gasteiger partial charge in [-0.1, -0.05) is 30.7 Å². The predicted molar refractivity (Wildman–Crippen MR) is 78.0 cm³/mol. The van der Waals surface area contributed by atoms with E-state index in [9.17, 15) is 4.79 Å². The largest absolute Gasteiger partial charge is 0.481 e. The molecule has 0 saturated heterocycles. The zero-order valence-electron chi connectivity index (χ0n) is 10.7. The molecule has 1 atom stereocenters. The molecule has 2 aromatic rings. The summed E-state index contributed by atoms with van der Waals surface area (Å²) in [7, 11) is 0. The lowest BCUT2D eigenvalue weighted by Gasteiger charge is -2.08. The maximum Gasteiger partial charge on any atom is 0.310 e. The van der Waals surface area contributed by atoms with Crippen LogP contribution in [0.3, 0.4) is 0 Å². The zero-order chi connectivity index (χ0) is 14.0.